The molecule has 1 aliphatic heterocycles. The molecule has 1 aliphatic rings. The fourth-order valence-corrected chi connectivity index (χ4v) is 2.54. The standard InChI is InChI=1S/C13H13N7/c1-2-4-11-10(3-1)7-14-5-6-19(11)13-9-15-8-12-16-17-18-20(12)13/h1-4,8-9,14H,5-7H2. The van der Waals surface area contributed by atoms with Crippen LogP contribution in [0.25, 0.3) is 5.65 Å². The van der Waals surface area contributed by atoms with Crippen molar-refractivity contribution in [1.29, 1.82) is 0 Å². The monoisotopic (exact) mass is 267 g/mol. The van der Waals surface area contributed by atoms with E-state index in [2.05, 4.69) is 48.9 Å². The summed E-state index contributed by atoms with van der Waals surface area (Å²) < 4.78 is 1.72. The molecular formula is C13H13N7. The average Bonchev–Trinajstić information content (AvgIpc) is 2.87. The van der Waals surface area contributed by atoms with Gasteiger partial charge in [0, 0.05) is 25.3 Å². The van der Waals surface area contributed by atoms with E-state index >= 15 is 0 Å². The lowest BCUT2D eigenvalue weighted by Gasteiger charge is -2.24. The highest BCUT2D eigenvalue weighted by atomic mass is 15.5. The van der Waals surface area contributed by atoms with Crippen molar-refractivity contribution in [2.45, 2.75) is 6.54 Å². The molecular weight excluding hydrogens is 254 g/mol. The molecule has 1 N–H and O–H groups in total. The maximum absolute atomic E-state index is 4.24. The van der Waals surface area contributed by atoms with E-state index in [9.17, 15) is 0 Å². The van der Waals surface area contributed by atoms with Gasteiger partial charge in [-0.2, -0.15) is 4.52 Å². The minimum Gasteiger partial charge on any atom is -0.323 e. The molecule has 4 rings (SSSR count). The van der Waals surface area contributed by atoms with Gasteiger partial charge in [0.1, 0.15) is 0 Å². The van der Waals surface area contributed by atoms with E-state index in [1.165, 1.54) is 11.3 Å². The molecule has 0 saturated heterocycles. The first-order chi connectivity index (χ1) is 9.93. The van der Waals surface area contributed by atoms with Crippen molar-refractivity contribution in [3.05, 3.63) is 42.2 Å². The van der Waals surface area contributed by atoms with Gasteiger partial charge >= 0.3 is 0 Å². The summed E-state index contributed by atoms with van der Waals surface area (Å²) in [5.41, 5.74) is 3.08. The van der Waals surface area contributed by atoms with Crippen LogP contribution in [0.1, 0.15) is 5.56 Å². The van der Waals surface area contributed by atoms with Crippen molar-refractivity contribution < 1.29 is 0 Å². The van der Waals surface area contributed by atoms with Crippen LogP contribution in [0, 0.1) is 0 Å². The number of aromatic nitrogens is 5. The molecule has 20 heavy (non-hydrogen) atoms. The normalized spacial score (nSPS) is 15.1. The van der Waals surface area contributed by atoms with Gasteiger partial charge in [-0.1, -0.05) is 18.2 Å². The number of para-hydroxylation sites is 1. The number of anilines is 2. The van der Waals surface area contributed by atoms with Gasteiger partial charge in [-0.15, -0.1) is 5.10 Å². The van der Waals surface area contributed by atoms with E-state index in [0.717, 1.165) is 25.5 Å². The van der Waals surface area contributed by atoms with Crippen molar-refractivity contribution in [2.75, 3.05) is 18.0 Å². The van der Waals surface area contributed by atoms with Crippen LogP contribution in [-0.4, -0.2) is 38.1 Å². The number of hydrogen-bond donors (Lipinski definition) is 1. The summed E-state index contributed by atoms with van der Waals surface area (Å²) in [6.45, 7) is 2.61. The van der Waals surface area contributed by atoms with Crippen LogP contribution in [0.4, 0.5) is 11.5 Å². The van der Waals surface area contributed by atoms with E-state index in [-0.39, 0.29) is 0 Å². The zero-order chi connectivity index (χ0) is 13.4. The molecule has 7 nitrogen and oxygen atoms in total. The van der Waals surface area contributed by atoms with Gasteiger partial charge in [-0.25, -0.2) is 0 Å². The van der Waals surface area contributed by atoms with Crippen molar-refractivity contribution in [3.8, 4) is 0 Å². The predicted octanol–water partition coefficient (Wildman–Crippen LogP) is 0.761. The Morgan fingerprint density at radius 3 is 3.10 bits per heavy atom. The highest BCUT2D eigenvalue weighted by Crippen LogP contribution is 2.28. The van der Waals surface area contributed by atoms with Gasteiger partial charge in [0.15, 0.2) is 11.5 Å². The Labute approximate surface area is 115 Å². The fourth-order valence-electron chi connectivity index (χ4n) is 2.54. The van der Waals surface area contributed by atoms with Crippen molar-refractivity contribution in [2.24, 2.45) is 0 Å². The van der Waals surface area contributed by atoms with Crippen LogP contribution in [0.15, 0.2) is 36.7 Å². The van der Waals surface area contributed by atoms with Gasteiger partial charge < -0.3 is 10.2 Å². The van der Waals surface area contributed by atoms with Gasteiger partial charge in [0.25, 0.3) is 0 Å². The van der Waals surface area contributed by atoms with Gasteiger partial charge in [-0.3, -0.25) is 4.98 Å². The summed E-state index contributed by atoms with van der Waals surface area (Å²) >= 11 is 0. The number of fused-ring (bicyclic) bond motifs is 2. The summed E-state index contributed by atoms with van der Waals surface area (Å²) in [6, 6.07) is 8.35. The molecule has 0 atom stereocenters. The molecule has 0 saturated carbocycles. The summed E-state index contributed by atoms with van der Waals surface area (Å²) in [6.07, 6.45) is 3.46. The van der Waals surface area contributed by atoms with Crippen LogP contribution in [0.2, 0.25) is 0 Å². The lowest BCUT2D eigenvalue weighted by atomic mass is 10.1. The SMILES string of the molecule is c1ccc2c(c1)CNCCN2c1cncc2nnnn12. The van der Waals surface area contributed by atoms with Gasteiger partial charge in [-0.05, 0) is 22.1 Å². The summed E-state index contributed by atoms with van der Waals surface area (Å²) in [5.74, 6) is 0.878. The predicted molar refractivity (Wildman–Crippen MR) is 73.7 cm³/mol. The Hall–Kier alpha value is -2.54. The zero-order valence-electron chi connectivity index (χ0n) is 10.8. The molecule has 0 fully saturated rings. The topological polar surface area (TPSA) is 71.2 Å². The molecule has 100 valence electrons. The van der Waals surface area contributed by atoms with Crippen LogP contribution in [0.3, 0.4) is 0 Å². The third-order valence-electron chi connectivity index (χ3n) is 3.48. The lowest BCUT2D eigenvalue weighted by molar-refractivity contribution is 0.705. The number of benzene rings is 1. The highest BCUT2D eigenvalue weighted by Gasteiger charge is 2.19. The molecule has 3 aromatic rings. The third-order valence-corrected chi connectivity index (χ3v) is 3.48. The summed E-state index contributed by atoms with van der Waals surface area (Å²) in [4.78, 5) is 6.44. The third kappa shape index (κ3) is 1.71. The number of nitrogens with one attached hydrogen (secondary N) is 1. The molecule has 0 unspecified atom stereocenters. The minimum atomic E-state index is 0.650. The minimum absolute atomic E-state index is 0.650. The van der Waals surface area contributed by atoms with Gasteiger partial charge in [0.05, 0.1) is 12.4 Å². The molecule has 3 heterocycles. The number of nitrogens with zero attached hydrogens (tertiary/aromatic N) is 6. The first kappa shape index (κ1) is 11.3. The number of hydrogen-bond acceptors (Lipinski definition) is 6. The largest absolute Gasteiger partial charge is 0.323 e. The molecule has 0 aliphatic carbocycles. The van der Waals surface area contributed by atoms with Crippen LogP contribution >= 0.6 is 0 Å². The summed E-state index contributed by atoms with van der Waals surface area (Å²) in [5, 5.41) is 15.1. The second-order valence-corrected chi connectivity index (χ2v) is 4.67. The van der Waals surface area contributed by atoms with Crippen molar-refractivity contribution in [1.82, 2.24) is 30.3 Å². The van der Waals surface area contributed by atoms with Crippen molar-refractivity contribution >= 4 is 17.2 Å². The van der Waals surface area contributed by atoms with E-state index in [1.807, 2.05) is 6.07 Å². The molecule has 0 spiro atoms. The number of rotatable bonds is 1. The maximum atomic E-state index is 4.24. The Balaban J connectivity index is 1.91. The van der Waals surface area contributed by atoms with Crippen LogP contribution in [0.5, 0.6) is 0 Å². The Morgan fingerprint density at radius 1 is 1.15 bits per heavy atom. The smallest absolute Gasteiger partial charge is 0.199 e. The Morgan fingerprint density at radius 2 is 2.10 bits per heavy atom. The van der Waals surface area contributed by atoms with Crippen molar-refractivity contribution in [3.63, 3.8) is 0 Å². The quantitative estimate of drug-likeness (QED) is 0.702. The van der Waals surface area contributed by atoms with Crippen LogP contribution < -0.4 is 10.2 Å². The first-order valence-corrected chi connectivity index (χ1v) is 6.52. The first-order valence-electron chi connectivity index (χ1n) is 6.52. The Kier molecular flexibility index (Phi) is 2.56. The molecule has 1 aromatic carbocycles. The van der Waals surface area contributed by atoms with E-state index < -0.39 is 0 Å². The van der Waals surface area contributed by atoms with E-state index in [0.29, 0.717) is 5.65 Å². The molecule has 0 amide bonds. The van der Waals surface area contributed by atoms with E-state index in [4.69, 9.17) is 0 Å². The fraction of sp³-hybridized carbons (Fsp3) is 0.231. The molecule has 0 radical (unpaired) electrons. The lowest BCUT2D eigenvalue weighted by Crippen LogP contribution is -2.26. The Bertz CT molecular complexity index is 751. The molecule has 0 bridgehead atoms. The number of tetrazole rings is 1. The van der Waals surface area contributed by atoms with Gasteiger partial charge in [0.2, 0.25) is 0 Å². The average molecular weight is 267 g/mol. The molecule has 7 heteroatoms. The van der Waals surface area contributed by atoms with Crippen LogP contribution in [-0.2, 0) is 6.54 Å². The maximum Gasteiger partial charge on any atom is 0.199 e. The highest BCUT2D eigenvalue weighted by molar-refractivity contribution is 5.65. The molecule has 2 aromatic heterocycles. The summed E-state index contributed by atoms with van der Waals surface area (Å²) in [7, 11) is 0. The second-order valence-electron chi connectivity index (χ2n) is 4.67. The van der Waals surface area contributed by atoms with E-state index in [1.54, 1.807) is 16.9 Å². The second kappa shape index (κ2) is 4.53. The zero-order valence-corrected chi connectivity index (χ0v) is 10.8.